The molecule has 7 heteroatoms. The first-order valence-electron chi connectivity index (χ1n) is 5.89. The zero-order valence-corrected chi connectivity index (χ0v) is 13.3. The lowest BCUT2D eigenvalue weighted by Crippen LogP contribution is -2.07. The molecule has 0 atom stereocenters. The Morgan fingerprint density at radius 3 is 2.33 bits per heavy atom. The summed E-state index contributed by atoms with van der Waals surface area (Å²) < 4.78 is 42.2. The topological polar surface area (TPSA) is 43.4 Å². The molecule has 3 nitrogen and oxygen atoms in total. The van der Waals surface area contributed by atoms with Crippen molar-refractivity contribution in [3.63, 3.8) is 0 Å². The quantitative estimate of drug-likeness (QED) is 0.609. The Kier molecular flexibility index (Phi) is 4.88. The van der Waals surface area contributed by atoms with Crippen LogP contribution < -0.4 is 0 Å². The van der Waals surface area contributed by atoms with Crippen LogP contribution >= 0.6 is 23.2 Å². The molecule has 0 bridgehead atoms. The van der Waals surface area contributed by atoms with E-state index in [4.69, 9.17) is 27.4 Å². The van der Waals surface area contributed by atoms with Crippen LogP contribution in [0, 0.1) is 12.7 Å². The lowest BCUT2D eigenvalue weighted by atomic mass is 10.2. The van der Waals surface area contributed by atoms with E-state index < -0.39 is 15.9 Å². The van der Waals surface area contributed by atoms with Crippen LogP contribution in [0.3, 0.4) is 0 Å². The molecule has 21 heavy (non-hydrogen) atoms. The van der Waals surface area contributed by atoms with Gasteiger partial charge >= 0.3 is 0 Å². The molecule has 112 valence electrons. The predicted molar refractivity (Wildman–Crippen MR) is 79.6 cm³/mol. The van der Waals surface area contributed by atoms with Crippen molar-refractivity contribution >= 4 is 33.3 Å². The number of hydrogen-bond acceptors (Lipinski definition) is 3. The van der Waals surface area contributed by atoms with Crippen LogP contribution in [0.5, 0.6) is 0 Å². The van der Waals surface area contributed by atoms with Gasteiger partial charge in [-0.15, -0.1) is 0 Å². The molecule has 0 aliphatic carbocycles. The Morgan fingerprint density at radius 2 is 1.71 bits per heavy atom. The van der Waals surface area contributed by atoms with Gasteiger partial charge in [0.15, 0.2) is 0 Å². The molecule has 0 N–H and O–H groups in total. The Bertz CT molecular complexity index is 759. The van der Waals surface area contributed by atoms with E-state index in [0.29, 0.717) is 0 Å². The van der Waals surface area contributed by atoms with Crippen LogP contribution in [0.25, 0.3) is 0 Å². The molecule has 0 aliphatic rings. The molecule has 2 aromatic rings. The molecule has 0 amide bonds. The van der Waals surface area contributed by atoms with Gasteiger partial charge in [0.25, 0.3) is 10.1 Å². The third-order valence-electron chi connectivity index (χ3n) is 2.77. The summed E-state index contributed by atoms with van der Waals surface area (Å²) in [6.07, 6.45) is 0. The van der Waals surface area contributed by atoms with E-state index in [-0.39, 0.29) is 27.1 Å². The van der Waals surface area contributed by atoms with Crippen LogP contribution in [-0.2, 0) is 20.9 Å². The van der Waals surface area contributed by atoms with Gasteiger partial charge in [-0.25, -0.2) is 4.39 Å². The van der Waals surface area contributed by atoms with Gasteiger partial charge in [0.05, 0.1) is 16.5 Å². The maximum absolute atomic E-state index is 13.4. The van der Waals surface area contributed by atoms with Crippen LogP contribution in [0.1, 0.15) is 11.1 Å². The number of hydrogen-bond donors (Lipinski definition) is 0. The van der Waals surface area contributed by atoms with Crippen LogP contribution in [0.4, 0.5) is 4.39 Å². The van der Waals surface area contributed by atoms with Crippen molar-refractivity contribution in [1.82, 2.24) is 0 Å². The Morgan fingerprint density at radius 1 is 1.10 bits per heavy atom. The summed E-state index contributed by atoms with van der Waals surface area (Å²) in [6.45, 7) is 1.47. The zero-order chi connectivity index (χ0) is 15.6. The molecule has 0 radical (unpaired) electrons. The van der Waals surface area contributed by atoms with Gasteiger partial charge in [-0.05, 0) is 31.2 Å². The lowest BCUT2D eigenvalue weighted by Gasteiger charge is -2.08. The second-order valence-electron chi connectivity index (χ2n) is 4.39. The second-order valence-corrected chi connectivity index (χ2v) is 6.82. The number of benzene rings is 2. The van der Waals surface area contributed by atoms with E-state index in [2.05, 4.69) is 0 Å². The monoisotopic (exact) mass is 348 g/mol. The minimum absolute atomic E-state index is 0.0265. The van der Waals surface area contributed by atoms with Crippen molar-refractivity contribution in [2.45, 2.75) is 18.4 Å². The summed E-state index contributed by atoms with van der Waals surface area (Å²) >= 11 is 11.4. The molecular formula is C14H11Cl2FO3S. The number of rotatable bonds is 4. The van der Waals surface area contributed by atoms with Gasteiger partial charge in [0, 0.05) is 10.6 Å². The Labute approximate surface area is 132 Å². The highest BCUT2D eigenvalue weighted by molar-refractivity contribution is 7.86. The van der Waals surface area contributed by atoms with Gasteiger partial charge in [0.2, 0.25) is 0 Å². The highest BCUT2D eigenvalue weighted by Crippen LogP contribution is 2.26. The fraction of sp³-hybridized carbons (Fsp3) is 0.143. The highest BCUT2D eigenvalue weighted by atomic mass is 35.5. The Balaban J connectivity index is 2.19. The zero-order valence-electron chi connectivity index (χ0n) is 10.9. The van der Waals surface area contributed by atoms with Gasteiger partial charge in [-0.1, -0.05) is 40.9 Å². The maximum Gasteiger partial charge on any atom is 0.297 e. The van der Waals surface area contributed by atoms with Gasteiger partial charge in [-0.2, -0.15) is 8.42 Å². The van der Waals surface area contributed by atoms with E-state index in [9.17, 15) is 12.8 Å². The molecule has 0 heterocycles. The molecule has 0 aliphatic heterocycles. The molecule has 0 unspecified atom stereocenters. The third-order valence-corrected chi connectivity index (χ3v) is 4.69. The predicted octanol–water partition coefficient (Wildman–Crippen LogP) is 4.35. The van der Waals surface area contributed by atoms with E-state index in [1.54, 1.807) is 12.1 Å². The summed E-state index contributed by atoms with van der Waals surface area (Å²) in [7, 11) is -3.93. The third kappa shape index (κ3) is 3.95. The van der Waals surface area contributed by atoms with E-state index in [0.717, 1.165) is 11.6 Å². The highest BCUT2D eigenvalue weighted by Gasteiger charge is 2.16. The first-order chi connectivity index (χ1) is 9.79. The van der Waals surface area contributed by atoms with Crippen molar-refractivity contribution < 1.29 is 17.0 Å². The van der Waals surface area contributed by atoms with E-state index in [1.807, 2.05) is 6.92 Å². The first kappa shape index (κ1) is 16.2. The molecule has 2 aromatic carbocycles. The molecule has 2 rings (SSSR count). The molecule has 0 aromatic heterocycles. The molecule has 0 fully saturated rings. The van der Waals surface area contributed by atoms with E-state index >= 15 is 0 Å². The van der Waals surface area contributed by atoms with E-state index in [1.165, 1.54) is 18.2 Å². The first-order valence-corrected chi connectivity index (χ1v) is 8.05. The average molecular weight is 349 g/mol. The van der Waals surface area contributed by atoms with Gasteiger partial charge < -0.3 is 0 Å². The van der Waals surface area contributed by atoms with Crippen molar-refractivity contribution in [3.8, 4) is 0 Å². The number of halogens is 3. The van der Waals surface area contributed by atoms with Gasteiger partial charge in [0.1, 0.15) is 5.82 Å². The molecule has 0 saturated heterocycles. The summed E-state index contributed by atoms with van der Waals surface area (Å²) in [4.78, 5) is 0.0265. The van der Waals surface area contributed by atoms with Crippen molar-refractivity contribution in [1.29, 1.82) is 0 Å². The number of aryl methyl sites for hydroxylation is 1. The normalized spacial score (nSPS) is 11.6. The van der Waals surface area contributed by atoms with Crippen LogP contribution in [0.15, 0.2) is 41.3 Å². The SMILES string of the molecule is Cc1ccc(S(=O)(=O)OCc2cc(F)c(Cl)cc2Cl)cc1. The standard InChI is InChI=1S/C14H11Cl2FO3S/c1-9-2-4-11(5-3-9)21(18,19)20-8-10-6-14(17)13(16)7-12(10)15/h2-7H,8H2,1H3. The molecular weight excluding hydrogens is 338 g/mol. The van der Waals surface area contributed by atoms with Crippen LogP contribution in [0.2, 0.25) is 10.0 Å². The van der Waals surface area contributed by atoms with Crippen LogP contribution in [-0.4, -0.2) is 8.42 Å². The van der Waals surface area contributed by atoms with Gasteiger partial charge in [-0.3, -0.25) is 4.18 Å². The summed E-state index contributed by atoms with van der Waals surface area (Å²) in [5, 5.41) is 0.00523. The molecule has 0 spiro atoms. The van der Waals surface area contributed by atoms with Crippen molar-refractivity contribution in [2.75, 3.05) is 0 Å². The lowest BCUT2D eigenvalue weighted by molar-refractivity contribution is 0.307. The minimum atomic E-state index is -3.93. The fourth-order valence-electron chi connectivity index (χ4n) is 1.59. The van der Waals surface area contributed by atoms with Crippen molar-refractivity contribution in [3.05, 3.63) is 63.4 Å². The minimum Gasteiger partial charge on any atom is -0.261 e. The smallest absolute Gasteiger partial charge is 0.261 e. The van der Waals surface area contributed by atoms with Crippen molar-refractivity contribution in [2.24, 2.45) is 0 Å². The fourth-order valence-corrected chi connectivity index (χ4v) is 2.91. The summed E-state index contributed by atoms with van der Waals surface area (Å²) in [5.41, 5.74) is 1.13. The maximum atomic E-state index is 13.4. The second kappa shape index (κ2) is 6.32. The summed E-state index contributed by atoms with van der Waals surface area (Å²) in [6, 6.07) is 8.45. The average Bonchev–Trinajstić information content (AvgIpc) is 2.42. The largest absolute Gasteiger partial charge is 0.297 e. The Hall–Kier alpha value is -1.14. The molecule has 0 saturated carbocycles. The summed E-state index contributed by atoms with van der Waals surface area (Å²) in [5.74, 6) is -0.688.